The highest BCUT2D eigenvalue weighted by atomic mass is 16.5. The van der Waals surface area contributed by atoms with E-state index in [0.717, 1.165) is 25.1 Å². The van der Waals surface area contributed by atoms with E-state index in [4.69, 9.17) is 9.84 Å². The smallest absolute Gasteiger partial charge is 0.303 e. The summed E-state index contributed by atoms with van der Waals surface area (Å²) in [5.74, 6) is -0.804. The fourth-order valence-electron chi connectivity index (χ4n) is 3.40. The summed E-state index contributed by atoms with van der Waals surface area (Å²) in [6, 6.07) is 0. The molecule has 1 saturated carbocycles. The first-order valence-corrected chi connectivity index (χ1v) is 7.44. The Kier molecular flexibility index (Phi) is 3.74. The Morgan fingerprint density at radius 2 is 2.25 bits per heavy atom. The van der Waals surface area contributed by atoms with Gasteiger partial charge in [0.2, 0.25) is 0 Å². The third kappa shape index (κ3) is 3.00. The van der Waals surface area contributed by atoms with E-state index < -0.39 is 5.97 Å². The molecule has 1 N–H and O–H groups in total. The minimum absolute atomic E-state index is 0.0989. The van der Waals surface area contributed by atoms with Crippen molar-refractivity contribution >= 4 is 5.97 Å². The second kappa shape index (κ2) is 5.52. The number of carbonyl (C=O) groups is 1. The van der Waals surface area contributed by atoms with Crippen LogP contribution in [0.4, 0.5) is 0 Å². The van der Waals surface area contributed by atoms with Crippen LogP contribution in [0.25, 0.3) is 0 Å². The van der Waals surface area contributed by atoms with Crippen LogP contribution in [-0.4, -0.2) is 37.8 Å². The SMILES string of the molecule is O=C(O)CCc1cn(CC2CCC3(CCCC3)O2)nn1. The van der Waals surface area contributed by atoms with E-state index in [9.17, 15) is 4.79 Å². The van der Waals surface area contributed by atoms with Gasteiger partial charge in [-0.05, 0) is 25.7 Å². The number of hydrogen-bond acceptors (Lipinski definition) is 4. The molecule has 2 heterocycles. The van der Waals surface area contributed by atoms with Crippen molar-refractivity contribution in [2.75, 3.05) is 0 Å². The van der Waals surface area contributed by atoms with E-state index in [1.165, 1.54) is 25.7 Å². The van der Waals surface area contributed by atoms with Crippen molar-refractivity contribution in [3.8, 4) is 0 Å². The maximum absolute atomic E-state index is 10.5. The molecule has 1 aromatic heterocycles. The van der Waals surface area contributed by atoms with Gasteiger partial charge in [0.25, 0.3) is 0 Å². The van der Waals surface area contributed by atoms with Crippen molar-refractivity contribution in [2.24, 2.45) is 0 Å². The number of aryl methyl sites for hydroxylation is 1. The molecule has 110 valence electrons. The highest BCUT2D eigenvalue weighted by Crippen LogP contribution is 2.43. The number of hydrogen-bond donors (Lipinski definition) is 1. The van der Waals surface area contributed by atoms with Gasteiger partial charge in [-0.1, -0.05) is 18.1 Å². The van der Waals surface area contributed by atoms with Gasteiger partial charge in [-0.2, -0.15) is 0 Å². The molecule has 6 nitrogen and oxygen atoms in total. The van der Waals surface area contributed by atoms with Gasteiger partial charge in [-0.15, -0.1) is 5.10 Å². The Balaban J connectivity index is 1.52. The van der Waals surface area contributed by atoms with Gasteiger partial charge in [0.15, 0.2) is 0 Å². The first-order valence-electron chi connectivity index (χ1n) is 7.44. The van der Waals surface area contributed by atoms with Crippen molar-refractivity contribution in [1.29, 1.82) is 0 Å². The van der Waals surface area contributed by atoms with Crippen LogP contribution in [0.3, 0.4) is 0 Å². The first kappa shape index (κ1) is 13.5. The molecular formula is C14H21N3O3. The zero-order valence-corrected chi connectivity index (χ0v) is 11.6. The van der Waals surface area contributed by atoms with E-state index in [0.29, 0.717) is 6.42 Å². The van der Waals surface area contributed by atoms with Gasteiger partial charge in [-0.25, -0.2) is 4.68 Å². The van der Waals surface area contributed by atoms with Crippen LogP contribution in [0.5, 0.6) is 0 Å². The average Bonchev–Trinajstić information content (AvgIpc) is 3.12. The van der Waals surface area contributed by atoms with Gasteiger partial charge in [0.05, 0.1) is 30.4 Å². The van der Waals surface area contributed by atoms with E-state index in [-0.39, 0.29) is 18.1 Å². The molecule has 0 amide bonds. The Morgan fingerprint density at radius 1 is 1.45 bits per heavy atom. The minimum Gasteiger partial charge on any atom is -0.481 e. The lowest BCUT2D eigenvalue weighted by molar-refractivity contribution is -0.136. The van der Waals surface area contributed by atoms with Gasteiger partial charge in [0.1, 0.15) is 0 Å². The lowest BCUT2D eigenvalue weighted by atomic mass is 9.98. The molecule has 2 aliphatic rings. The number of rotatable bonds is 5. The van der Waals surface area contributed by atoms with Crippen molar-refractivity contribution < 1.29 is 14.6 Å². The summed E-state index contributed by atoms with van der Waals surface area (Å²) < 4.78 is 8.03. The Hall–Kier alpha value is -1.43. The maximum Gasteiger partial charge on any atom is 0.303 e. The normalized spacial score (nSPS) is 24.5. The number of aromatic nitrogens is 3. The van der Waals surface area contributed by atoms with Gasteiger partial charge >= 0.3 is 5.97 Å². The molecule has 1 aliphatic carbocycles. The molecule has 2 fully saturated rings. The number of carboxylic acid groups (broad SMARTS) is 1. The van der Waals surface area contributed by atoms with Gasteiger partial charge in [-0.3, -0.25) is 4.79 Å². The fraction of sp³-hybridized carbons (Fsp3) is 0.786. The van der Waals surface area contributed by atoms with Crippen LogP contribution in [-0.2, 0) is 22.5 Å². The van der Waals surface area contributed by atoms with Crippen LogP contribution in [0, 0.1) is 0 Å². The Labute approximate surface area is 118 Å². The minimum atomic E-state index is -0.804. The molecule has 6 heteroatoms. The molecule has 3 rings (SSSR count). The van der Waals surface area contributed by atoms with Crippen molar-refractivity contribution in [3.63, 3.8) is 0 Å². The van der Waals surface area contributed by atoms with Crippen LogP contribution < -0.4 is 0 Å². The molecule has 1 saturated heterocycles. The first-order chi connectivity index (χ1) is 9.65. The number of aliphatic carboxylic acids is 1. The van der Waals surface area contributed by atoms with E-state index in [2.05, 4.69) is 10.3 Å². The topological polar surface area (TPSA) is 77.2 Å². The van der Waals surface area contributed by atoms with Crippen LogP contribution in [0.2, 0.25) is 0 Å². The van der Waals surface area contributed by atoms with E-state index >= 15 is 0 Å². The molecule has 1 aliphatic heterocycles. The standard InChI is InChI=1S/C14H21N3O3/c18-13(19)4-3-11-9-17(16-15-11)10-12-5-8-14(20-12)6-1-2-7-14/h9,12H,1-8,10H2,(H,18,19). The molecule has 20 heavy (non-hydrogen) atoms. The molecule has 1 unspecified atom stereocenters. The number of carboxylic acids is 1. The Morgan fingerprint density at radius 3 is 3.00 bits per heavy atom. The molecule has 0 bridgehead atoms. The largest absolute Gasteiger partial charge is 0.481 e. The zero-order chi connectivity index (χ0) is 14.0. The van der Waals surface area contributed by atoms with Gasteiger partial charge < -0.3 is 9.84 Å². The lowest BCUT2D eigenvalue weighted by Gasteiger charge is -2.23. The number of ether oxygens (including phenoxy) is 1. The van der Waals surface area contributed by atoms with Crippen molar-refractivity contribution in [2.45, 2.75) is 69.6 Å². The summed E-state index contributed by atoms with van der Waals surface area (Å²) in [7, 11) is 0. The van der Waals surface area contributed by atoms with Crippen molar-refractivity contribution in [3.05, 3.63) is 11.9 Å². The molecule has 1 spiro atoms. The monoisotopic (exact) mass is 279 g/mol. The summed E-state index contributed by atoms with van der Waals surface area (Å²) in [4.78, 5) is 10.5. The third-order valence-electron chi connectivity index (χ3n) is 4.43. The summed E-state index contributed by atoms with van der Waals surface area (Å²) in [6.45, 7) is 0.724. The molecule has 1 atom stereocenters. The van der Waals surface area contributed by atoms with Crippen molar-refractivity contribution in [1.82, 2.24) is 15.0 Å². The van der Waals surface area contributed by atoms with Crippen LogP contribution in [0.15, 0.2) is 6.20 Å². The second-order valence-corrected chi connectivity index (χ2v) is 5.99. The molecular weight excluding hydrogens is 258 g/mol. The van der Waals surface area contributed by atoms with Crippen LogP contribution >= 0.6 is 0 Å². The maximum atomic E-state index is 10.5. The zero-order valence-electron chi connectivity index (χ0n) is 11.6. The predicted octanol–water partition coefficient (Wildman–Crippen LogP) is 1.79. The lowest BCUT2D eigenvalue weighted by Crippen LogP contribution is -2.26. The summed E-state index contributed by atoms with van der Waals surface area (Å²) in [5.41, 5.74) is 0.887. The van der Waals surface area contributed by atoms with E-state index in [1.54, 1.807) is 4.68 Å². The highest BCUT2D eigenvalue weighted by Gasteiger charge is 2.42. The van der Waals surface area contributed by atoms with Crippen LogP contribution in [0.1, 0.15) is 50.6 Å². The summed E-state index contributed by atoms with van der Waals surface area (Å²) in [6.07, 6.45) is 9.82. The average molecular weight is 279 g/mol. The fourth-order valence-corrected chi connectivity index (χ4v) is 3.40. The molecule has 0 radical (unpaired) electrons. The summed E-state index contributed by atoms with van der Waals surface area (Å²) >= 11 is 0. The third-order valence-corrected chi connectivity index (χ3v) is 4.43. The van der Waals surface area contributed by atoms with Gasteiger partial charge in [0, 0.05) is 12.6 Å². The Bertz CT molecular complexity index is 480. The second-order valence-electron chi connectivity index (χ2n) is 5.99. The predicted molar refractivity (Wildman–Crippen MR) is 71.3 cm³/mol. The molecule has 0 aromatic carbocycles. The quantitative estimate of drug-likeness (QED) is 0.889. The summed E-state index contributed by atoms with van der Waals surface area (Å²) in [5, 5.41) is 16.7. The number of nitrogens with zero attached hydrogens (tertiary/aromatic N) is 3. The molecule has 1 aromatic rings. The highest BCUT2D eigenvalue weighted by molar-refractivity contribution is 5.66. The van der Waals surface area contributed by atoms with E-state index in [1.807, 2.05) is 6.20 Å².